The van der Waals surface area contributed by atoms with E-state index in [9.17, 15) is 0 Å². The summed E-state index contributed by atoms with van der Waals surface area (Å²) in [4.78, 5) is 10.6. The van der Waals surface area contributed by atoms with Crippen LogP contribution in [-0.2, 0) is 0 Å². The van der Waals surface area contributed by atoms with E-state index in [0.29, 0.717) is 5.82 Å². The Labute approximate surface area is 329 Å². The van der Waals surface area contributed by atoms with Gasteiger partial charge in [0.2, 0.25) is 0 Å². The molecule has 0 saturated carbocycles. The fraction of sp³-hybridized carbons (Fsp3) is 0.0385. The topological polar surface area (TPSA) is 30.7 Å². The highest BCUT2D eigenvalue weighted by atomic mass is 32.1. The van der Waals surface area contributed by atoms with Gasteiger partial charge >= 0.3 is 0 Å². The molecule has 0 bridgehead atoms. The third-order valence-corrected chi connectivity index (χ3v) is 12.2. The lowest BCUT2D eigenvalue weighted by Gasteiger charge is -2.22. The average molecular weight is 734 g/mol. The van der Waals surface area contributed by atoms with E-state index in [-0.39, 0.29) is 0 Å². The number of rotatable bonds is 6. The van der Waals surface area contributed by atoms with Crippen LogP contribution in [0.3, 0.4) is 0 Å². The molecular formula is C52H35N3S. The van der Waals surface area contributed by atoms with Crippen molar-refractivity contribution in [2.45, 2.75) is 12.8 Å². The van der Waals surface area contributed by atoms with Crippen LogP contribution in [0, 0.1) is 0 Å². The maximum Gasteiger partial charge on any atom is 0.160 e. The lowest BCUT2D eigenvalue weighted by atomic mass is 9.90. The molecule has 0 unspecified atom stereocenters. The molecule has 3 nitrogen and oxygen atoms in total. The van der Waals surface area contributed by atoms with Crippen LogP contribution in [0.2, 0.25) is 0 Å². The SMILES string of the molecule is C1=CC(c2cc(-c3nc(-c4ccccc4)cc(-c4ccccc4)n3)cc(-c3ccccc3)c2-n2c3ccccc3c3cc4c(cc32)sc2ccccc24)=CCC1. The third-order valence-electron chi connectivity index (χ3n) is 11.0. The molecule has 7 aromatic carbocycles. The number of para-hydroxylation sites is 1. The van der Waals surface area contributed by atoms with Gasteiger partial charge in [-0.1, -0.05) is 146 Å². The molecule has 0 spiro atoms. The van der Waals surface area contributed by atoms with Gasteiger partial charge < -0.3 is 4.57 Å². The molecule has 3 heterocycles. The molecular weight excluding hydrogens is 699 g/mol. The van der Waals surface area contributed by atoms with Crippen molar-refractivity contribution in [3.63, 3.8) is 0 Å². The molecule has 0 N–H and O–H groups in total. The second-order valence-corrected chi connectivity index (χ2v) is 15.5. The standard InChI is InChI=1S/C52H35N3S/c1-5-17-34(18-6-1)41-29-38(52-53-45(36-21-9-3-10-22-36)32-46(54-52)37-23-11-4-12-24-37)30-42(35-19-7-2-8-20-35)51(41)55-47-27-15-13-25-39(47)43-31-44-40-26-14-16-28-49(40)56-50(44)33-48(43)55/h1,3-7,9-33H,2,8H2. The molecule has 0 fully saturated rings. The van der Waals surface area contributed by atoms with E-state index in [0.717, 1.165) is 63.3 Å². The highest BCUT2D eigenvalue weighted by molar-refractivity contribution is 7.25. The van der Waals surface area contributed by atoms with Crippen LogP contribution < -0.4 is 0 Å². The van der Waals surface area contributed by atoms with Gasteiger partial charge in [-0.25, -0.2) is 9.97 Å². The lowest BCUT2D eigenvalue weighted by Crippen LogP contribution is -2.05. The van der Waals surface area contributed by atoms with Gasteiger partial charge in [0, 0.05) is 58.8 Å². The maximum atomic E-state index is 5.31. The first-order valence-electron chi connectivity index (χ1n) is 19.2. The molecule has 0 amide bonds. The van der Waals surface area contributed by atoms with E-state index in [1.165, 1.54) is 47.6 Å². The fourth-order valence-electron chi connectivity index (χ4n) is 8.39. The summed E-state index contributed by atoms with van der Waals surface area (Å²) in [5.74, 6) is 0.699. The van der Waals surface area contributed by atoms with Crippen molar-refractivity contribution in [3.05, 3.63) is 194 Å². The smallest absolute Gasteiger partial charge is 0.160 e. The van der Waals surface area contributed by atoms with Gasteiger partial charge in [-0.2, -0.15) is 0 Å². The molecule has 1 aliphatic rings. The molecule has 4 heteroatoms. The zero-order chi connectivity index (χ0) is 37.0. The summed E-state index contributed by atoms with van der Waals surface area (Å²) in [6.45, 7) is 0. The number of benzene rings is 7. The number of hydrogen-bond acceptors (Lipinski definition) is 3. The Morgan fingerprint density at radius 3 is 1.77 bits per heavy atom. The van der Waals surface area contributed by atoms with Crippen LogP contribution in [0.5, 0.6) is 0 Å². The number of thiophene rings is 1. The number of fused-ring (bicyclic) bond motifs is 6. The molecule has 0 radical (unpaired) electrons. The molecule has 1 aliphatic carbocycles. The number of hydrogen-bond donors (Lipinski definition) is 0. The van der Waals surface area contributed by atoms with Crippen molar-refractivity contribution in [2.24, 2.45) is 0 Å². The summed E-state index contributed by atoms with van der Waals surface area (Å²) >= 11 is 1.87. The summed E-state index contributed by atoms with van der Waals surface area (Å²) < 4.78 is 5.13. The van der Waals surface area contributed by atoms with Crippen LogP contribution >= 0.6 is 11.3 Å². The first-order valence-corrected chi connectivity index (χ1v) is 20.0. The minimum atomic E-state index is 0.699. The Hall–Kier alpha value is -6.88. The van der Waals surface area contributed by atoms with E-state index in [1.54, 1.807) is 0 Å². The number of aromatic nitrogens is 3. The van der Waals surface area contributed by atoms with Gasteiger partial charge in [-0.05, 0) is 66.4 Å². The number of nitrogens with zero attached hydrogens (tertiary/aromatic N) is 3. The predicted molar refractivity (Wildman–Crippen MR) is 237 cm³/mol. The zero-order valence-electron chi connectivity index (χ0n) is 30.6. The van der Waals surface area contributed by atoms with E-state index < -0.39 is 0 Å². The Kier molecular flexibility index (Phi) is 7.82. The quantitative estimate of drug-likeness (QED) is 0.170. The zero-order valence-corrected chi connectivity index (χ0v) is 31.4. The van der Waals surface area contributed by atoms with Crippen LogP contribution in [0.4, 0.5) is 0 Å². The Bertz CT molecular complexity index is 3110. The summed E-state index contributed by atoms with van der Waals surface area (Å²) in [7, 11) is 0. The molecule has 0 atom stereocenters. The predicted octanol–water partition coefficient (Wildman–Crippen LogP) is 14.3. The van der Waals surface area contributed by atoms with Crippen molar-refractivity contribution in [2.75, 3.05) is 0 Å². The summed E-state index contributed by atoms with van der Waals surface area (Å²) in [5, 5.41) is 5.12. The Morgan fingerprint density at radius 2 is 1.07 bits per heavy atom. The largest absolute Gasteiger partial charge is 0.308 e. The fourth-order valence-corrected chi connectivity index (χ4v) is 9.51. The van der Waals surface area contributed by atoms with E-state index >= 15 is 0 Å². The molecule has 3 aromatic heterocycles. The Balaban J connectivity index is 1.25. The Morgan fingerprint density at radius 1 is 0.446 bits per heavy atom. The first-order chi connectivity index (χ1) is 27.8. The summed E-state index contributed by atoms with van der Waals surface area (Å²) in [5.41, 5.74) is 13.1. The van der Waals surface area contributed by atoms with Crippen molar-refractivity contribution < 1.29 is 0 Å². The first kappa shape index (κ1) is 32.5. The van der Waals surface area contributed by atoms with Crippen LogP contribution in [0.15, 0.2) is 188 Å². The van der Waals surface area contributed by atoms with Crippen molar-refractivity contribution in [1.29, 1.82) is 0 Å². The van der Waals surface area contributed by atoms with Crippen LogP contribution in [-0.4, -0.2) is 14.5 Å². The molecule has 56 heavy (non-hydrogen) atoms. The van der Waals surface area contributed by atoms with Crippen molar-refractivity contribution in [3.8, 4) is 50.7 Å². The van der Waals surface area contributed by atoms with Gasteiger partial charge in [0.1, 0.15) is 0 Å². The molecule has 10 aromatic rings. The lowest BCUT2D eigenvalue weighted by molar-refractivity contribution is 1.04. The van der Waals surface area contributed by atoms with Gasteiger partial charge in [0.05, 0.1) is 28.1 Å². The maximum absolute atomic E-state index is 5.31. The monoisotopic (exact) mass is 733 g/mol. The molecule has 11 rings (SSSR count). The minimum absolute atomic E-state index is 0.699. The highest BCUT2D eigenvalue weighted by Gasteiger charge is 2.24. The van der Waals surface area contributed by atoms with Crippen LogP contribution in [0.25, 0.3) is 98.3 Å². The second kappa shape index (κ2) is 13.5. The third kappa shape index (κ3) is 5.49. The van der Waals surface area contributed by atoms with Crippen molar-refractivity contribution in [1.82, 2.24) is 14.5 Å². The highest BCUT2D eigenvalue weighted by Crippen LogP contribution is 2.45. The van der Waals surface area contributed by atoms with Gasteiger partial charge in [-0.3, -0.25) is 0 Å². The average Bonchev–Trinajstić information content (AvgIpc) is 3.80. The van der Waals surface area contributed by atoms with Gasteiger partial charge in [0.25, 0.3) is 0 Å². The molecule has 0 aliphatic heterocycles. The number of allylic oxidation sites excluding steroid dienone is 4. The van der Waals surface area contributed by atoms with Crippen LogP contribution in [0.1, 0.15) is 18.4 Å². The van der Waals surface area contributed by atoms with E-state index in [4.69, 9.17) is 9.97 Å². The molecule has 264 valence electrons. The van der Waals surface area contributed by atoms with E-state index in [1.807, 2.05) is 23.5 Å². The molecule has 0 saturated heterocycles. The second-order valence-electron chi connectivity index (χ2n) is 14.4. The van der Waals surface area contributed by atoms with Gasteiger partial charge in [-0.15, -0.1) is 11.3 Å². The van der Waals surface area contributed by atoms with Crippen molar-refractivity contribution >= 4 is 58.9 Å². The van der Waals surface area contributed by atoms with Gasteiger partial charge in [0.15, 0.2) is 5.82 Å². The minimum Gasteiger partial charge on any atom is -0.308 e. The summed E-state index contributed by atoms with van der Waals surface area (Å²) in [6.07, 6.45) is 9.03. The van der Waals surface area contributed by atoms with E-state index in [2.05, 4.69) is 181 Å². The summed E-state index contributed by atoms with van der Waals surface area (Å²) in [6, 6.07) is 61.0. The normalized spacial score (nSPS) is 12.9.